The predicted octanol–water partition coefficient (Wildman–Crippen LogP) is 3.41. The largest absolute Gasteiger partial charge is 0.387 e. The van der Waals surface area contributed by atoms with E-state index in [1.54, 1.807) is 11.3 Å². The van der Waals surface area contributed by atoms with Gasteiger partial charge in [-0.1, -0.05) is 6.92 Å². The molecule has 1 aromatic carbocycles. The summed E-state index contributed by atoms with van der Waals surface area (Å²) in [4.78, 5) is 1.21. The maximum Gasteiger partial charge on any atom is 0.129 e. The third kappa shape index (κ3) is 3.62. The Labute approximate surface area is 121 Å². The van der Waals surface area contributed by atoms with Gasteiger partial charge in [-0.15, -0.1) is 11.3 Å². The summed E-state index contributed by atoms with van der Waals surface area (Å²) in [5.41, 5.74) is 1.26. The number of thiophene rings is 1. The van der Waals surface area contributed by atoms with Crippen LogP contribution < -0.4 is 5.32 Å². The van der Waals surface area contributed by atoms with Crippen molar-refractivity contribution in [3.8, 4) is 0 Å². The minimum absolute atomic E-state index is 0.0144. The molecule has 0 aliphatic carbocycles. The number of hydrogen-bond acceptors (Lipinski definition) is 3. The Kier molecular flexibility index (Phi) is 5.23. The van der Waals surface area contributed by atoms with Gasteiger partial charge in [0.2, 0.25) is 0 Å². The van der Waals surface area contributed by atoms with Gasteiger partial charge in [0.1, 0.15) is 11.6 Å². The summed E-state index contributed by atoms with van der Waals surface area (Å²) < 4.78 is 26.5. The fourth-order valence-electron chi connectivity index (χ4n) is 2.04. The molecule has 0 aliphatic rings. The highest BCUT2D eigenvalue weighted by molar-refractivity contribution is 7.10. The van der Waals surface area contributed by atoms with Gasteiger partial charge < -0.3 is 10.4 Å². The molecule has 2 nitrogen and oxygen atoms in total. The van der Waals surface area contributed by atoms with Crippen LogP contribution in [0, 0.1) is 11.6 Å². The van der Waals surface area contributed by atoms with Gasteiger partial charge in [0, 0.05) is 23.5 Å². The quantitative estimate of drug-likeness (QED) is 0.856. The van der Waals surface area contributed by atoms with Crippen molar-refractivity contribution in [2.75, 3.05) is 6.54 Å². The molecule has 0 radical (unpaired) electrons. The standard InChI is InChI=1S/C15H17F2NOS/c1-2-10-5-6-20-15(10)9-18-8-14(19)12-7-11(16)3-4-13(12)17/h3-7,14,18-19H,2,8-9H2,1H3. The highest BCUT2D eigenvalue weighted by atomic mass is 32.1. The van der Waals surface area contributed by atoms with Gasteiger partial charge in [-0.25, -0.2) is 8.78 Å². The van der Waals surface area contributed by atoms with E-state index in [2.05, 4.69) is 18.3 Å². The van der Waals surface area contributed by atoms with Crippen molar-refractivity contribution in [3.63, 3.8) is 0 Å². The van der Waals surface area contributed by atoms with Gasteiger partial charge in [-0.05, 0) is 41.6 Å². The van der Waals surface area contributed by atoms with Crippen LogP contribution >= 0.6 is 11.3 Å². The molecule has 0 spiro atoms. The van der Waals surface area contributed by atoms with Crippen LogP contribution in [0.4, 0.5) is 8.78 Å². The summed E-state index contributed by atoms with van der Waals surface area (Å²) in [6, 6.07) is 5.18. The number of benzene rings is 1. The topological polar surface area (TPSA) is 32.3 Å². The molecule has 1 heterocycles. The third-order valence-electron chi connectivity index (χ3n) is 3.16. The van der Waals surface area contributed by atoms with Gasteiger partial charge in [0.05, 0.1) is 6.10 Å². The Hall–Kier alpha value is -1.30. The zero-order valence-corrected chi connectivity index (χ0v) is 12.0. The van der Waals surface area contributed by atoms with E-state index < -0.39 is 17.7 Å². The second-order valence-electron chi connectivity index (χ2n) is 4.54. The van der Waals surface area contributed by atoms with Crippen molar-refractivity contribution in [1.29, 1.82) is 0 Å². The van der Waals surface area contributed by atoms with Crippen molar-refractivity contribution >= 4 is 11.3 Å². The summed E-state index contributed by atoms with van der Waals surface area (Å²) in [5.74, 6) is -1.14. The van der Waals surface area contributed by atoms with Crippen molar-refractivity contribution in [1.82, 2.24) is 5.32 Å². The highest BCUT2D eigenvalue weighted by Crippen LogP contribution is 2.19. The second kappa shape index (κ2) is 6.92. The number of nitrogens with one attached hydrogen (secondary N) is 1. The molecule has 0 saturated heterocycles. The molecule has 0 fully saturated rings. The van der Waals surface area contributed by atoms with Gasteiger partial charge in [0.15, 0.2) is 0 Å². The van der Waals surface area contributed by atoms with Gasteiger partial charge in [0.25, 0.3) is 0 Å². The minimum atomic E-state index is -1.06. The number of aliphatic hydroxyl groups is 1. The number of hydrogen-bond donors (Lipinski definition) is 2. The van der Waals surface area contributed by atoms with Crippen molar-refractivity contribution in [2.24, 2.45) is 0 Å². The molecule has 0 amide bonds. The first-order valence-corrected chi connectivity index (χ1v) is 7.38. The first-order chi connectivity index (χ1) is 9.61. The zero-order valence-electron chi connectivity index (χ0n) is 11.2. The van der Waals surface area contributed by atoms with E-state index in [0.717, 1.165) is 24.6 Å². The molecule has 0 aliphatic heterocycles. The van der Waals surface area contributed by atoms with E-state index in [9.17, 15) is 13.9 Å². The normalized spacial score (nSPS) is 12.6. The molecule has 5 heteroatoms. The maximum atomic E-state index is 13.5. The van der Waals surface area contributed by atoms with Crippen molar-refractivity contribution < 1.29 is 13.9 Å². The van der Waals surface area contributed by atoms with Crippen LogP contribution in [-0.4, -0.2) is 11.7 Å². The number of aliphatic hydroxyl groups excluding tert-OH is 1. The van der Waals surface area contributed by atoms with E-state index in [4.69, 9.17) is 0 Å². The lowest BCUT2D eigenvalue weighted by Crippen LogP contribution is -2.21. The van der Waals surface area contributed by atoms with Crippen LogP contribution in [0.5, 0.6) is 0 Å². The molecule has 1 atom stereocenters. The smallest absolute Gasteiger partial charge is 0.129 e. The Bertz CT molecular complexity index is 571. The zero-order chi connectivity index (χ0) is 14.5. The molecule has 108 valence electrons. The molecule has 1 unspecified atom stereocenters. The summed E-state index contributed by atoms with van der Waals surface area (Å²) in [7, 11) is 0. The monoisotopic (exact) mass is 297 g/mol. The molecular weight excluding hydrogens is 280 g/mol. The lowest BCUT2D eigenvalue weighted by molar-refractivity contribution is 0.169. The molecule has 0 bridgehead atoms. The third-order valence-corrected chi connectivity index (χ3v) is 4.12. The molecule has 2 N–H and O–H groups in total. The van der Waals surface area contributed by atoms with E-state index in [0.29, 0.717) is 6.54 Å². The predicted molar refractivity (Wildman–Crippen MR) is 76.7 cm³/mol. The Morgan fingerprint density at radius 1 is 1.30 bits per heavy atom. The lowest BCUT2D eigenvalue weighted by Gasteiger charge is -2.13. The van der Waals surface area contributed by atoms with Crippen LogP contribution in [0.2, 0.25) is 0 Å². The van der Waals surface area contributed by atoms with Crippen molar-refractivity contribution in [2.45, 2.75) is 26.0 Å². The average Bonchev–Trinajstić information content (AvgIpc) is 2.89. The van der Waals surface area contributed by atoms with E-state index in [1.165, 1.54) is 10.4 Å². The highest BCUT2D eigenvalue weighted by Gasteiger charge is 2.13. The van der Waals surface area contributed by atoms with Crippen LogP contribution in [0.25, 0.3) is 0 Å². The average molecular weight is 297 g/mol. The van der Waals surface area contributed by atoms with Crippen molar-refractivity contribution in [3.05, 3.63) is 57.3 Å². The molecule has 1 aromatic heterocycles. The summed E-state index contributed by atoms with van der Waals surface area (Å²) in [5, 5.41) is 15.0. The van der Waals surface area contributed by atoms with Crippen LogP contribution in [0.3, 0.4) is 0 Å². The van der Waals surface area contributed by atoms with E-state index in [-0.39, 0.29) is 12.1 Å². The maximum absolute atomic E-state index is 13.5. The van der Waals surface area contributed by atoms with Gasteiger partial charge >= 0.3 is 0 Å². The summed E-state index contributed by atoms with van der Waals surface area (Å²) >= 11 is 1.65. The van der Waals surface area contributed by atoms with E-state index >= 15 is 0 Å². The summed E-state index contributed by atoms with van der Waals surface area (Å²) in [6.45, 7) is 2.89. The van der Waals surface area contributed by atoms with E-state index in [1.807, 2.05) is 5.38 Å². The number of rotatable bonds is 6. The Balaban J connectivity index is 1.92. The first-order valence-electron chi connectivity index (χ1n) is 6.50. The lowest BCUT2D eigenvalue weighted by atomic mass is 10.1. The van der Waals surface area contributed by atoms with Gasteiger partial charge in [-0.3, -0.25) is 0 Å². The molecule has 2 rings (SSSR count). The second-order valence-corrected chi connectivity index (χ2v) is 5.54. The fraction of sp³-hybridized carbons (Fsp3) is 0.333. The number of aryl methyl sites for hydroxylation is 1. The summed E-state index contributed by atoms with van der Waals surface area (Å²) in [6.07, 6.45) is -0.0996. The molecular formula is C15H17F2NOS. The van der Waals surface area contributed by atoms with Crippen LogP contribution in [0.15, 0.2) is 29.6 Å². The Morgan fingerprint density at radius 2 is 2.10 bits per heavy atom. The number of halogens is 2. The Morgan fingerprint density at radius 3 is 2.85 bits per heavy atom. The molecule has 0 saturated carbocycles. The van der Waals surface area contributed by atoms with Crippen LogP contribution in [-0.2, 0) is 13.0 Å². The van der Waals surface area contributed by atoms with Gasteiger partial charge in [-0.2, -0.15) is 0 Å². The fourth-order valence-corrected chi connectivity index (χ4v) is 2.99. The molecule has 2 aromatic rings. The first kappa shape index (κ1) is 15.1. The molecule has 20 heavy (non-hydrogen) atoms. The minimum Gasteiger partial charge on any atom is -0.387 e. The van der Waals surface area contributed by atoms with Crippen LogP contribution in [0.1, 0.15) is 29.0 Å². The SMILES string of the molecule is CCc1ccsc1CNCC(O)c1cc(F)ccc1F.